The van der Waals surface area contributed by atoms with E-state index in [0.717, 1.165) is 36.3 Å². The summed E-state index contributed by atoms with van der Waals surface area (Å²) in [6, 6.07) is 6.08. The normalized spacial score (nSPS) is 10.3. The van der Waals surface area contributed by atoms with Crippen LogP contribution in [0.3, 0.4) is 0 Å². The summed E-state index contributed by atoms with van der Waals surface area (Å²) in [7, 11) is 3.96. The average molecular weight is 248 g/mol. The second-order valence-electron chi connectivity index (χ2n) is 4.54. The van der Waals surface area contributed by atoms with Gasteiger partial charge in [-0.05, 0) is 31.9 Å². The lowest BCUT2D eigenvalue weighted by Gasteiger charge is -2.25. The fourth-order valence-corrected chi connectivity index (χ4v) is 2.17. The molecule has 1 aromatic carbocycles. The van der Waals surface area contributed by atoms with Crippen LogP contribution in [0.25, 0.3) is 0 Å². The van der Waals surface area contributed by atoms with Crippen molar-refractivity contribution in [1.82, 2.24) is 4.90 Å². The number of carbonyl (C=O) groups is 1. The molecule has 0 N–H and O–H groups in total. The lowest BCUT2D eigenvalue weighted by Crippen LogP contribution is -2.32. The Bertz CT molecular complexity index is 409. The van der Waals surface area contributed by atoms with E-state index in [1.54, 1.807) is 0 Å². The monoisotopic (exact) mass is 248 g/mol. The lowest BCUT2D eigenvalue weighted by molar-refractivity contribution is 0.0772. The molecule has 0 fully saturated rings. The third kappa shape index (κ3) is 2.84. The van der Waals surface area contributed by atoms with Crippen LogP contribution >= 0.6 is 0 Å². The first-order valence-electron chi connectivity index (χ1n) is 6.65. The first kappa shape index (κ1) is 14.6. The summed E-state index contributed by atoms with van der Waals surface area (Å²) >= 11 is 0. The molecule has 0 unspecified atom stereocenters. The summed E-state index contributed by atoms with van der Waals surface area (Å²) in [5.41, 5.74) is 2.98. The molecule has 0 saturated carbocycles. The molecule has 0 aliphatic rings. The lowest BCUT2D eigenvalue weighted by atomic mass is 10.0. The van der Waals surface area contributed by atoms with Crippen LogP contribution in [0.1, 0.15) is 36.7 Å². The molecule has 0 aromatic heterocycles. The maximum Gasteiger partial charge on any atom is 0.256 e. The van der Waals surface area contributed by atoms with Crippen molar-refractivity contribution in [3.8, 4) is 0 Å². The number of benzene rings is 1. The van der Waals surface area contributed by atoms with E-state index in [1.165, 1.54) is 0 Å². The van der Waals surface area contributed by atoms with Crippen molar-refractivity contribution in [3.05, 3.63) is 29.3 Å². The third-order valence-electron chi connectivity index (χ3n) is 3.26. The van der Waals surface area contributed by atoms with Gasteiger partial charge in [0.2, 0.25) is 0 Å². The Balaban J connectivity index is 3.31. The van der Waals surface area contributed by atoms with Crippen LogP contribution in [-0.2, 0) is 6.42 Å². The van der Waals surface area contributed by atoms with E-state index in [2.05, 4.69) is 6.92 Å². The Labute approximate surface area is 110 Å². The number of nitrogens with zero attached hydrogens (tertiary/aromatic N) is 2. The zero-order chi connectivity index (χ0) is 13.7. The molecule has 0 saturated heterocycles. The Hall–Kier alpha value is -1.51. The van der Waals surface area contributed by atoms with Crippen molar-refractivity contribution in [2.45, 2.75) is 27.2 Å². The number of rotatable bonds is 5. The highest BCUT2D eigenvalue weighted by atomic mass is 16.2. The molecule has 1 amide bonds. The highest BCUT2D eigenvalue weighted by Gasteiger charge is 2.20. The number of aryl methyl sites for hydroxylation is 1. The van der Waals surface area contributed by atoms with E-state index in [-0.39, 0.29) is 5.91 Å². The smallest absolute Gasteiger partial charge is 0.256 e. The molecule has 0 spiro atoms. The van der Waals surface area contributed by atoms with E-state index in [9.17, 15) is 4.79 Å². The molecule has 0 aliphatic carbocycles. The molecule has 1 rings (SSSR count). The van der Waals surface area contributed by atoms with Crippen LogP contribution in [-0.4, -0.2) is 38.0 Å². The van der Waals surface area contributed by atoms with Crippen molar-refractivity contribution in [3.63, 3.8) is 0 Å². The Kier molecular flexibility index (Phi) is 5.20. The molecule has 0 aliphatic heterocycles. The molecule has 3 nitrogen and oxygen atoms in total. The van der Waals surface area contributed by atoms with E-state index in [4.69, 9.17) is 0 Å². The molecular formula is C15H24N2O. The maximum atomic E-state index is 12.6. The van der Waals surface area contributed by atoms with Crippen molar-refractivity contribution in [2.75, 3.05) is 32.1 Å². The number of hydrogen-bond donors (Lipinski definition) is 0. The molecule has 100 valence electrons. The summed E-state index contributed by atoms with van der Waals surface area (Å²) in [5, 5.41) is 0. The summed E-state index contributed by atoms with van der Waals surface area (Å²) in [6.45, 7) is 7.63. The maximum absolute atomic E-state index is 12.6. The fraction of sp³-hybridized carbons (Fsp3) is 0.533. The van der Waals surface area contributed by atoms with Crippen LogP contribution in [0.15, 0.2) is 18.2 Å². The molecule has 0 heterocycles. The Morgan fingerprint density at radius 2 is 1.72 bits per heavy atom. The minimum Gasteiger partial charge on any atom is -0.377 e. The van der Waals surface area contributed by atoms with E-state index in [1.807, 2.05) is 55.9 Å². The summed E-state index contributed by atoms with van der Waals surface area (Å²) in [4.78, 5) is 16.5. The van der Waals surface area contributed by atoms with Crippen LogP contribution in [0.5, 0.6) is 0 Å². The standard InChI is InChI=1S/C15H24N2O/c1-6-12-10-9-11-13(16(4)5)14(12)15(18)17(7-2)8-3/h9-11H,6-8H2,1-5H3. The highest BCUT2D eigenvalue weighted by molar-refractivity contribution is 6.01. The molecule has 1 aromatic rings. The van der Waals surface area contributed by atoms with E-state index >= 15 is 0 Å². The zero-order valence-corrected chi connectivity index (χ0v) is 12.2. The number of anilines is 1. The second-order valence-corrected chi connectivity index (χ2v) is 4.54. The minimum absolute atomic E-state index is 0.140. The first-order valence-corrected chi connectivity index (χ1v) is 6.65. The fourth-order valence-electron chi connectivity index (χ4n) is 2.17. The number of carbonyl (C=O) groups excluding carboxylic acids is 1. The molecule has 0 radical (unpaired) electrons. The molecule has 3 heteroatoms. The van der Waals surface area contributed by atoms with Crippen molar-refractivity contribution >= 4 is 11.6 Å². The summed E-state index contributed by atoms with van der Waals surface area (Å²) in [6.07, 6.45) is 0.879. The molecular weight excluding hydrogens is 224 g/mol. The largest absolute Gasteiger partial charge is 0.377 e. The predicted molar refractivity (Wildman–Crippen MR) is 77.4 cm³/mol. The van der Waals surface area contributed by atoms with Gasteiger partial charge in [0.1, 0.15) is 0 Å². The van der Waals surface area contributed by atoms with E-state index in [0.29, 0.717) is 0 Å². The second kappa shape index (κ2) is 6.43. The van der Waals surface area contributed by atoms with Gasteiger partial charge in [0, 0.05) is 32.9 Å². The topological polar surface area (TPSA) is 23.6 Å². The van der Waals surface area contributed by atoms with Crippen LogP contribution in [0.2, 0.25) is 0 Å². The third-order valence-corrected chi connectivity index (χ3v) is 3.26. The summed E-state index contributed by atoms with van der Waals surface area (Å²) < 4.78 is 0. The van der Waals surface area contributed by atoms with Crippen LogP contribution in [0, 0.1) is 0 Å². The number of hydrogen-bond acceptors (Lipinski definition) is 2. The van der Waals surface area contributed by atoms with Gasteiger partial charge in [0.05, 0.1) is 5.56 Å². The molecule has 0 atom stereocenters. The van der Waals surface area contributed by atoms with Gasteiger partial charge in [-0.25, -0.2) is 0 Å². The highest BCUT2D eigenvalue weighted by Crippen LogP contribution is 2.24. The van der Waals surface area contributed by atoms with E-state index < -0.39 is 0 Å². The SMILES string of the molecule is CCc1cccc(N(C)C)c1C(=O)N(CC)CC. The van der Waals surface area contributed by atoms with Crippen molar-refractivity contribution < 1.29 is 4.79 Å². The summed E-state index contributed by atoms with van der Waals surface area (Å²) in [5.74, 6) is 0.140. The van der Waals surface area contributed by atoms with Gasteiger partial charge >= 0.3 is 0 Å². The molecule has 18 heavy (non-hydrogen) atoms. The van der Waals surface area contributed by atoms with Crippen LogP contribution < -0.4 is 4.90 Å². The van der Waals surface area contributed by atoms with Gasteiger partial charge in [-0.15, -0.1) is 0 Å². The van der Waals surface area contributed by atoms with Gasteiger partial charge < -0.3 is 9.80 Å². The van der Waals surface area contributed by atoms with Crippen molar-refractivity contribution in [2.24, 2.45) is 0 Å². The first-order chi connectivity index (χ1) is 8.56. The Morgan fingerprint density at radius 3 is 2.17 bits per heavy atom. The van der Waals surface area contributed by atoms with Gasteiger partial charge in [-0.1, -0.05) is 19.1 Å². The van der Waals surface area contributed by atoms with Gasteiger partial charge in [-0.3, -0.25) is 4.79 Å². The van der Waals surface area contributed by atoms with Gasteiger partial charge in [0.15, 0.2) is 0 Å². The molecule has 0 bridgehead atoms. The number of amides is 1. The van der Waals surface area contributed by atoms with Gasteiger partial charge in [0.25, 0.3) is 5.91 Å². The minimum atomic E-state index is 0.140. The van der Waals surface area contributed by atoms with Crippen molar-refractivity contribution in [1.29, 1.82) is 0 Å². The van der Waals surface area contributed by atoms with Gasteiger partial charge in [-0.2, -0.15) is 0 Å². The Morgan fingerprint density at radius 1 is 1.11 bits per heavy atom. The van der Waals surface area contributed by atoms with Crippen LogP contribution in [0.4, 0.5) is 5.69 Å². The zero-order valence-electron chi connectivity index (χ0n) is 12.2. The quantitative estimate of drug-likeness (QED) is 0.800. The average Bonchev–Trinajstić information content (AvgIpc) is 2.38. The predicted octanol–water partition coefficient (Wildman–Crippen LogP) is 2.80.